The Bertz CT molecular complexity index is 1510. The average Bonchev–Trinajstić information content (AvgIpc) is 3.46. The van der Waals surface area contributed by atoms with Crippen LogP contribution in [0.25, 0.3) is 0 Å². The summed E-state index contributed by atoms with van der Waals surface area (Å²) in [5.74, 6) is 1.24. The third kappa shape index (κ3) is 6.61. The Kier molecular flexibility index (Phi) is 10.7. The Hall–Kier alpha value is -2.58. The van der Waals surface area contributed by atoms with Crippen LogP contribution < -0.4 is 5.32 Å². The highest BCUT2D eigenvalue weighted by molar-refractivity contribution is 5.84. The van der Waals surface area contributed by atoms with Crippen molar-refractivity contribution in [3.8, 4) is 0 Å². The molecule has 0 aromatic heterocycles. The summed E-state index contributed by atoms with van der Waals surface area (Å²) in [6.45, 7) is 29.1. The molecule has 5 aliphatic carbocycles. The Labute approximate surface area is 326 Å². The molecule has 0 bridgehead atoms. The van der Waals surface area contributed by atoms with Crippen LogP contribution in [0.1, 0.15) is 146 Å². The molecule has 6 rings (SSSR count). The number of fused-ring (bicyclic) bond motifs is 7. The molecule has 2 N–H and O–H groups in total. The summed E-state index contributed by atoms with van der Waals surface area (Å²) in [6, 6.07) is 0.0516. The molecule has 6 fully saturated rings. The van der Waals surface area contributed by atoms with E-state index in [9.17, 15) is 24.3 Å². The van der Waals surface area contributed by atoms with Gasteiger partial charge < -0.3 is 25.0 Å². The van der Waals surface area contributed by atoms with Crippen LogP contribution in [0.15, 0.2) is 12.2 Å². The van der Waals surface area contributed by atoms with Crippen LogP contribution in [0.2, 0.25) is 0 Å². The zero-order valence-electron chi connectivity index (χ0n) is 35.4. The van der Waals surface area contributed by atoms with E-state index < -0.39 is 11.4 Å². The van der Waals surface area contributed by atoms with E-state index in [1.54, 1.807) is 0 Å². The second kappa shape index (κ2) is 14.1. The first-order chi connectivity index (χ1) is 25.0. The molecule has 10 atom stereocenters. The molecule has 0 aromatic rings. The fraction of sp³-hybridized carbons (Fsp3) is 0.867. The van der Waals surface area contributed by atoms with Gasteiger partial charge in [0.1, 0.15) is 6.10 Å². The number of carboxylic acid groups (broad SMARTS) is 1. The number of carbonyl (C=O) groups is 4. The van der Waals surface area contributed by atoms with Gasteiger partial charge in [-0.3, -0.25) is 14.4 Å². The number of rotatable bonds is 8. The maximum absolute atomic E-state index is 15.0. The average molecular weight is 752 g/mol. The van der Waals surface area contributed by atoms with Crippen LogP contribution >= 0.6 is 0 Å². The molecule has 1 aliphatic heterocycles. The Morgan fingerprint density at radius 1 is 0.815 bits per heavy atom. The van der Waals surface area contributed by atoms with Gasteiger partial charge in [0, 0.05) is 37.6 Å². The molecule has 9 heteroatoms. The largest absolute Gasteiger partial charge is 0.481 e. The van der Waals surface area contributed by atoms with Gasteiger partial charge in [0.15, 0.2) is 0 Å². The lowest BCUT2D eigenvalue weighted by Gasteiger charge is -2.73. The predicted molar refractivity (Wildman–Crippen MR) is 211 cm³/mol. The van der Waals surface area contributed by atoms with Gasteiger partial charge in [0.05, 0.1) is 18.3 Å². The first-order valence-corrected chi connectivity index (χ1v) is 21.4. The highest BCUT2D eigenvalue weighted by atomic mass is 16.5. The van der Waals surface area contributed by atoms with E-state index in [1.807, 2.05) is 32.6 Å². The molecule has 1 heterocycles. The first kappa shape index (κ1) is 41.1. The lowest BCUT2D eigenvalue weighted by molar-refractivity contribution is -0.250. The monoisotopic (exact) mass is 752 g/mol. The molecular formula is C45H73N3O6. The molecule has 304 valence electrons. The van der Waals surface area contributed by atoms with Gasteiger partial charge in [-0.25, -0.2) is 4.79 Å². The number of urea groups is 1. The van der Waals surface area contributed by atoms with Crippen molar-refractivity contribution in [2.45, 2.75) is 158 Å². The van der Waals surface area contributed by atoms with E-state index in [4.69, 9.17) is 4.74 Å². The number of aliphatic carboxylic acids is 1. The third-order valence-corrected chi connectivity index (χ3v) is 17.2. The summed E-state index contributed by atoms with van der Waals surface area (Å²) in [4.78, 5) is 56.4. The summed E-state index contributed by atoms with van der Waals surface area (Å²) in [5.41, 5.74) is 0.388. The minimum absolute atomic E-state index is 0.0341. The number of allylic oxidation sites excluding steroid dienone is 1. The lowest BCUT2D eigenvalue weighted by Crippen LogP contribution is -2.68. The number of amides is 3. The van der Waals surface area contributed by atoms with Crippen molar-refractivity contribution >= 4 is 23.9 Å². The van der Waals surface area contributed by atoms with Crippen LogP contribution in [0, 0.1) is 62.1 Å². The van der Waals surface area contributed by atoms with Crippen LogP contribution in [-0.2, 0) is 19.1 Å². The van der Waals surface area contributed by atoms with Crippen molar-refractivity contribution in [2.75, 3.05) is 26.2 Å². The van der Waals surface area contributed by atoms with E-state index in [2.05, 4.69) is 58.3 Å². The topological polar surface area (TPSA) is 116 Å². The SMILES string of the molecule is C=C(C)[C@@H]1CC[C@]2(C(=O)N3CCN(C(=O)NC(C)C)CC3)CC[C@]3(C)[C@H](CC[C@@H]4[C@@]5(C)CC[C@H](OC(=O)CC(C)(C)CC(=O)O)C(C)(C)[C@@H]5CC[C@]43C)[C@@H]12. The fourth-order valence-electron chi connectivity index (χ4n) is 14.5. The molecule has 6 aliphatic rings. The van der Waals surface area contributed by atoms with E-state index >= 15 is 0 Å². The number of hydrogen-bond acceptors (Lipinski definition) is 5. The quantitative estimate of drug-likeness (QED) is 0.189. The van der Waals surface area contributed by atoms with Gasteiger partial charge >= 0.3 is 18.0 Å². The highest BCUT2D eigenvalue weighted by Crippen LogP contribution is 2.77. The molecule has 3 amide bonds. The van der Waals surface area contributed by atoms with Gasteiger partial charge in [-0.15, -0.1) is 0 Å². The van der Waals surface area contributed by atoms with Crippen molar-refractivity contribution < 1.29 is 29.0 Å². The second-order valence-electron chi connectivity index (χ2n) is 21.5. The molecular weight excluding hydrogens is 679 g/mol. The number of nitrogens with one attached hydrogen (secondary N) is 1. The van der Waals surface area contributed by atoms with Crippen molar-refractivity contribution in [1.29, 1.82) is 0 Å². The van der Waals surface area contributed by atoms with E-state index in [0.717, 1.165) is 57.8 Å². The van der Waals surface area contributed by atoms with Crippen molar-refractivity contribution in [2.24, 2.45) is 62.1 Å². The minimum atomic E-state index is -0.892. The third-order valence-electron chi connectivity index (χ3n) is 17.2. The van der Waals surface area contributed by atoms with Crippen LogP contribution in [0.5, 0.6) is 0 Å². The standard InChI is InChI=1S/C45H73N3O6/c1-28(2)30-14-19-45(38(52)47-22-24-48(25-23-47)39(53)46-29(3)4)21-20-43(10)31(37(30)45)12-13-33-42(9)17-16-34(41(7,8)32(42)15-18-44(33,43)11)54-36(51)27-40(5,6)26-35(49)50/h29-34,37H,1,12-27H2,2-11H3,(H,46,53)(H,49,50)/t30-,31+,32-,33+,34-,37+,42-,43+,44+,45-/m0/s1. The highest BCUT2D eigenvalue weighted by Gasteiger charge is 2.72. The van der Waals surface area contributed by atoms with Crippen LogP contribution in [0.4, 0.5) is 4.79 Å². The number of esters is 1. The molecule has 5 saturated carbocycles. The van der Waals surface area contributed by atoms with Crippen molar-refractivity contribution in [1.82, 2.24) is 15.1 Å². The number of hydrogen-bond donors (Lipinski definition) is 2. The fourth-order valence-corrected chi connectivity index (χ4v) is 14.5. The number of piperazine rings is 1. The molecule has 0 unspecified atom stereocenters. The number of carbonyl (C=O) groups excluding carboxylic acids is 3. The maximum Gasteiger partial charge on any atom is 0.317 e. The normalized spacial score (nSPS) is 40.1. The number of carboxylic acids is 1. The number of nitrogens with zero attached hydrogens (tertiary/aromatic N) is 2. The van der Waals surface area contributed by atoms with E-state index in [0.29, 0.717) is 61.7 Å². The van der Waals surface area contributed by atoms with Crippen molar-refractivity contribution in [3.05, 3.63) is 12.2 Å². The zero-order valence-corrected chi connectivity index (χ0v) is 35.4. The summed E-state index contributed by atoms with van der Waals surface area (Å²) in [5, 5.41) is 12.4. The Morgan fingerprint density at radius 2 is 1.46 bits per heavy atom. The van der Waals surface area contributed by atoms with Gasteiger partial charge in [-0.1, -0.05) is 60.6 Å². The first-order valence-electron chi connectivity index (χ1n) is 21.4. The smallest absolute Gasteiger partial charge is 0.317 e. The zero-order chi connectivity index (χ0) is 39.8. The molecule has 1 saturated heterocycles. The van der Waals surface area contributed by atoms with E-state index in [1.165, 1.54) is 12.0 Å². The Balaban J connectivity index is 1.22. The summed E-state index contributed by atoms with van der Waals surface area (Å²) in [7, 11) is 0. The van der Waals surface area contributed by atoms with Gasteiger partial charge in [0.25, 0.3) is 0 Å². The minimum Gasteiger partial charge on any atom is -0.481 e. The van der Waals surface area contributed by atoms with Gasteiger partial charge in [-0.05, 0) is 136 Å². The lowest BCUT2D eigenvalue weighted by atomic mass is 9.32. The van der Waals surface area contributed by atoms with Gasteiger partial charge in [0.2, 0.25) is 5.91 Å². The Morgan fingerprint density at radius 3 is 2.07 bits per heavy atom. The molecule has 0 radical (unpaired) electrons. The van der Waals surface area contributed by atoms with Gasteiger partial charge in [-0.2, -0.15) is 0 Å². The molecule has 0 aromatic carbocycles. The summed E-state index contributed by atoms with van der Waals surface area (Å²) >= 11 is 0. The van der Waals surface area contributed by atoms with Crippen LogP contribution in [0.3, 0.4) is 0 Å². The molecule has 54 heavy (non-hydrogen) atoms. The molecule has 9 nitrogen and oxygen atoms in total. The summed E-state index contributed by atoms with van der Waals surface area (Å²) < 4.78 is 6.28. The molecule has 0 spiro atoms. The second-order valence-corrected chi connectivity index (χ2v) is 21.5. The van der Waals surface area contributed by atoms with E-state index in [-0.39, 0.29) is 64.1 Å². The van der Waals surface area contributed by atoms with Crippen molar-refractivity contribution in [3.63, 3.8) is 0 Å². The maximum atomic E-state index is 15.0. The number of ether oxygens (including phenoxy) is 1. The van der Waals surface area contributed by atoms with Crippen LogP contribution in [-0.4, -0.2) is 77.1 Å². The summed E-state index contributed by atoms with van der Waals surface area (Å²) in [6.07, 6.45) is 10.3. The predicted octanol–water partition coefficient (Wildman–Crippen LogP) is 8.71.